The standard InChI is InChI=1S/C23H22ClFN4O4S/c24-15-8-12(3-4-16(15)25)21(31)26-13-9-18-22(32)27-17-5-6-28(20(17)23(33)29(18)11-13)19(30)10-14-2-1-7-34-14/h1-4,7-8,13,17-18,20H,5-6,9-11H2,(H,26,31)(H,27,32)/t13-,17-,18+,20-/m0/s1. The minimum Gasteiger partial charge on any atom is -0.349 e. The Morgan fingerprint density at radius 2 is 2.09 bits per heavy atom. The number of hydrogen-bond donors (Lipinski definition) is 2. The van der Waals surface area contributed by atoms with Crippen molar-refractivity contribution in [3.63, 3.8) is 0 Å². The van der Waals surface area contributed by atoms with Gasteiger partial charge < -0.3 is 20.4 Å². The van der Waals surface area contributed by atoms with Crippen LogP contribution in [0, 0.1) is 5.82 Å². The van der Waals surface area contributed by atoms with Crippen LogP contribution in [0.3, 0.4) is 0 Å². The second kappa shape index (κ2) is 8.99. The fourth-order valence-corrected chi connectivity index (χ4v) is 5.86. The summed E-state index contributed by atoms with van der Waals surface area (Å²) in [6.45, 7) is 0.545. The molecule has 3 saturated heterocycles. The Hall–Kier alpha value is -2.98. The lowest BCUT2D eigenvalue weighted by Crippen LogP contribution is -2.53. The van der Waals surface area contributed by atoms with Crippen molar-refractivity contribution in [2.45, 2.75) is 43.4 Å². The van der Waals surface area contributed by atoms with Gasteiger partial charge in [-0.15, -0.1) is 11.3 Å². The largest absolute Gasteiger partial charge is 0.349 e. The number of thiophene rings is 1. The first-order valence-corrected chi connectivity index (χ1v) is 12.3. The Morgan fingerprint density at radius 3 is 2.82 bits per heavy atom. The van der Waals surface area contributed by atoms with Gasteiger partial charge in [-0.3, -0.25) is 19.2 Å². The summed E-state index contributed by atoms with van der Waals surface area (Å²) >= 11 is 7.26. The number of amides is 4. The number of fused-ring (bicyclic) bond motifs is 2. The summed E-state index contributed by atoms with van der Waals surface area (Å²) < 4.78 is 13.4. The van der Waals surface area contributed by atoms with E-state index in [0.717, 1.165) is 10.9 Å². The van der Waals surface area contributed by atoms with E-state index in [1.165, 1.54) is 28.4 Å². The molecule has 1 aromatic heterocycles. The second-order valence-electron chi connectivity index (χ2n) is 8.73. The molecule has 3 fully saturated rings. The van der Waals surface area contributed by atoms with Crippen LogP contribution in [0.5, 0.6) is 0 Å². The number of carbonyl (C=O) groups is 4. The lowest BCUT2D eigenvalue weighted by molar-refractivity contribution is -0.144. The molecule has 3 aliphatic heterocycles. The van der Waals surface area contributed by atoms with E-state index in [1.807, 2.05) is 17.5 Å². The Bertz CT molecular complexity index is 1160. The molecule has 4 heterocycles. The first-order valence-electron chi connectivity index (χ1n) is 11.0. The predicted octanol–water partition coefficient (Wildman–Crippen LogP) is 1.58. The van der Waals surface area contributed by atoms with Crippen LogP contribution in [0.1, 0.15) is 28.1 Å². The summed E-state index contributed by atoms with van der Waals surface area (Å²) in [5, 5.41) is 7.48. The average Bonchev–Trinajstić information content (AvgIpc) is 3.54. The first-order chi connectivity index (χ1) is 16.3. The molecule has 34 heavy (non-hydrogen) atoms. The molecule has 2 N–H and O–H groups in total. The van der Waals surface area contributed by atoms with Crippen LogP contribution < -0.4 is 10.6 Å². The number of rotatable bonds is 4. The molecule has 8 nitrogen and oxygen atoms in total. The molecule has 3 aliphatic rings. The molecule has 0 aliphatic carbocycles. The predicted molar refractivity (Wildman–Crippen MR) is 123 cm³/mol. The molecule has 0 unspecified atom stereocenters. The maximum atomic E-state index is 13.5. The molecular weight excluding hydrogens is 483 g/mol. The molecule has 0 radical (unpaired) electrons. The van der Waals surface area contributed by atoms with Crippen molar-refractivity contribution in [1.82, 2.24) is 20.4 Å². The van der Waals surface area contributed by atoms with E-state index in [1.54, 1.807) is 4.90 Å². The van der Waals surface area contributed by atoms with Gasteiger partial charge in [-0.05, 0) is 42.5 Å². The summed E-state index contributed by atoms with van der Waals surface area (Å²) in [5.41, 5.74) is 0.186. The number of halogens is 2. The van der Waals surface area contributed by atoms with E-state index < -0.39 is 35.9 Å². The van der Waals surface area contributed by atoms with Crippen LogP contribution in [0.2, 0.25) is 5.02 Å². The highest BCUT2D eigenvalue weighted by Crippen LogP contribution is 2.30. The van der Waals surface area contributed by atoms with Gasteiger partial charge in [0.05, 0.1) is 17.5 Å². The summed E-state index contributed by atoms with van der Waals surface area (Å²) in [6, 6.07) is 5.04. The van der Waals surface area contributed by atoms with Crippen molar-refractivity contribution in [2.75, 3.05) is 13.1 Å². The molecule has 11 heteroatoms. The van der Waals surface area contributed by atoms with Crippen LogP contribution in [0.25, 0.3) is 0 Å². The highest BCUT2D eigenvalue weighted by atomic mass is 35.5. The van der Waals surface area contributed by atoms with Crippen molar-refractivity contribution in [1.29, 1.82) is 0 Å². The average molecular weight is 505 g/mol. The van der Waals surface area contributed by atoms with Gasteiger partial charge in [0.15, 0.2) is 0 Å². The highest BCUT2D eigenvalue weighted by Gasteiger charge is 2.52. The topological polar surface area (TPSA) is 98.8 Å². The summed E-state index contributed by atoms with van der Waals surface area (Å²) in [7, 11) is 0. The van der Waals surface area contributed by atoms with Gasteiger partial charge in [0.25, 0.3) is 5.91 Å². The van der Waals surface area contributed by atoms with Gasteiger partial charge in [-0.1, -0.05) is 17.7 Å². The Kier molecular flexibility index (Phi) is 6.03. The van der Waals surface area contributed by atoms with Gasteiger partial charge in [-0.25, -0.2) is 4.39 Å². The molecule has 5 rings (SSSR count). The third kappa shape index (κ3) is 4.16. The number of likely N-dealkylation sites (tertiary alicyclic amines) is 1. The van der Waals surface area contributed by atoms with Crippen LogP contribution in [-0.2, 0) is 20.8 Å². The van der Waals surface area contributed by atoms with Gasteiger partial charge >= 0.3 is 0 Å². The van der Waals surface area contributed by atoms with Gasteiger partial charge in [0.1, 0.15) is 17.9 Å². The summed E-state index contributed by atoms with van der Waals surface area (Å²) in [6.07, 6.45) is 0.982. The molecule has 0 saturated carbocycles. The van der Waals surface area contributed by atoms with E-state index in [2.05, 4.69) is 10.6 Å². The number of nitrogens with zero attached hydrogens (tertiary/aromatic N) is 2. The van der Waals surface area contributed by atoms with E-state index in [-0.39, 0.29) is 47.7 Å². The smallest absolute Gasteiger partial charge is 0.251 e. The SMILES string of the molecule is O=C(N[C@H]1C[C@@H]2C(=O)N[C@H]3CCN(C(=O)Cc4cccs4)[C@@H]3C(=O)N2C1)c1ccc(F)c(Cl)c1. The Balaban J connectivity index is 1.30. The summed E-state index contributed by atoms with van der Waals surface area (Å²) in [5.74, 6) is -1.81. The minimum atomic E-state index is -0.758. The zero-order valence-corrected chi connectivity index (χ0v) is 19.6. The van der Waals surface area contributed by atoms with Crippen molar-refractivity contribution >= 4 is 46.6 Å². The molecule has 1 aromatic carbocycles. The monoisotopic (exact) mass is 504 g/mol. The Labute approximate surface area is 204 Å². The van der Waals surface area contributed by atoms with E-state index in [0.29, 0.717) is 13.0 Å². The fourth-order valence-electron chi connectivity index (χ4n) is 4.98. The second-order valence-corrected chi connectivity index (χ2v) is 10.2. The van der Waals surface area contributed by atoms with Crippen molar-refractivity contribution in [3.8, 4) is 0 Å². The molecule has 4 amide bonds. The first kappa shape index (κ1) is 22.8. The Morgan fingerprint density at radius 1 is 1.26 bits per heavy atom. The zero-order valence-electron chi connectivity index (χ0n) is 18.0. The molecule has 2 aromatic rings. The van der Waals surface area contributed by atoms with Crippen LogP contribution in [-0.4, -0.2) is 70.7 Å². The normalized spacial score (nSPS) is 26.1. The summed E-state index contributed by atoms with van der Waals surface area (Å²) in [4.78, 5) is 56.0. The third-order valence-electron chi connectivity index (χ3n) is 6.61. The van der Waals surface area contributed by atoms with Gasteiger partial charge in [0, 0.05) is 29.6 Å². The highest BCUT2D eigenvalue weighted by molar-refractivity contribution is 7.10. The van der Waals surface area contributed by atoms with Gasteiger partial charge in [0.2, 0.25) is 17.7 Å². The van der Waals surface area contributed by atoms with Crippen molar-refractivity contribution in [2.24, 2.45) is 0 Å². The van der Waals surface area contributed by atoms with Crippen molar-refractivity contribution < 1.29 is 23.6 Å². The molecule has 4 atom stereocenters. The molecule has 0 bridgehead atoms. The molecule has 0 spiro atoms. The van der Waals surface area contributed by atoms with Crippen LogP contribution >= 0.6 is 22.9 Å². The number of benzene rings is 1. The quantitative estimate of drug-likeness (QED) is 0.660. The number of hydrogen-bond acceptors (Lipinski definition) is 5. The lowest BCUT2D eigenvalue weighted by atomic mass is 10.1. The van der Waals surface area contributed by atoms with E-state index in [4.69, 9.17) is 11.6 Å². The fraction of sp³-hybridized carbons (Fsp3) is 0.391. The van der Waals surface area contributed by atoms with Crippen LogP contribution in [0.15, 0.2) is 35.7 Å². The third-order valence-corrected chi connectivity index (χ3v) is 7.77. The minimum absolute atomic E-state index is 0.145. The molecule has 178 valence electrons. The lowest BCUT2D eigenvalue weighted by Gasteiger charge is -2.29. The van der Waals surface area contributed by atoms with E-state index in [9.17, 15) is 23.6 Å². The maximum Gasteiger partial charge on any atom is 0.251 e. The van der Waals surface area contributed by atoms with Crippen LogP contribution in [0.4, 0.5) is 4.39 Å². The molecular formula is C23H22ClFN4O4S. The van der Waals surface area contributed by atoms with Gasteiger partial charge in [-0.2, -0.15) is 0 Å². The zero-order chi connectivity index (χ0) is 24.0. The number of nitrogens with one attached hydrogen (secondary N) is 2. The van der Waals surface area contributed by atoms with E-state index >= 15 is 0 Å². The maximum absolute atomic E-state index is 13.5. The van der Waals surface area contributed by atoms with Crippen molar-refractivity contribution in [3.05, 3.63) is 57.0 Å². The number of carbonyl (C=O) groups excluding carboxylic acids is 4.